The van der Waals surface area contributed by atoms with Crippen LogP contribution in [0.4, 0.5) is 0 Å². The average molecular weight is 1210 g/mol. The smallest absolute Gasteiger partial charge is 0.242 e. The number of rotatable bonds is 12. The minimum atomic E-state index is -3.07. The van der Waals surface area contributed by atoms with Crippen molar-refractivity contribution >= 4 is 129 Å². The molecule has 0 aliphatic rings. The summed E-state index contributed by atoms with van der Waals surface area (Å²) in [5.41, 5.74) is 9.83. The SMILES string of the molecule is c1ccc([Si](c2ccccc2)(c2ccccc2)c2ccc3c(c2)c2cc([Si](c4ccccc4)(c4ccccc4)c4ccccc4)ccc2n3-c2nc(-c3cccc(-n4c5ccccc5c5ccccc54)c3)nc(-n3c4ccccc4n4c5ccccc5nc34)n2)cc1. The summed E-state index contributed by atoms with van der Waals surface area (Å²) in [5.74, 6) is 2.16. The molecule has 0 atom stereocenters. The summed E-state index contributed by atoms with van der Waals surface area (Å²) in [5, 5.41) is 14.9. The van der Waals surface area contributed by atoms with Gasteiger partial charge in [-0.1, -0.05) is 279 Å². The molecule has 5 aromatic heterocycles. The average Bonchev–Trinajstić information content (AvgIpc) is 1.31. The van der Waals surface area contributed by atoms with Crippen molar-refractivity contribution in [2.24, 2.45) is 0 Å². The van der Waals surface area contributed by atoms with Crippen molar-refractivity contribution in [1.29, 1.82) is 0 Å². The van der Waals surface area contributed by atoms with Crippen LogP contribution in [0.25, 0.3) is 100 Å². The first-order valence-corrected chi connectivity index (χ1v) is 35.3. The third kappa shape index (κ3) is 8.07. The van der Waals surface area contributed by atoms with Crippen LogP contribution in [0.1, 0.15) is 0 Å². The van der Waals surface area contributed by atoms with Gasteiger partial charge in [0.05, 0.1) is 44.1 Å². The quantitative estimate of drug-likeness (QED) is 0.0903. The van der Waals surface area contributed by atoms with Crippen LogP contribution in [0.5, 0.6) is 0 Å². The van der Waals surface area contributed by atoms with Crippen LogP contribution in [-0.4, -0.2) is 54.2 Å². The van der Waals surface area contributed by atoms with E-state index in [2.05, 4.69) is 352 Å². The van der Waals surface area contributed by atoms with Crippen LogP contribution < -0.4 is 41.5 Å². The number of para-hydroxylation sites is 6. The standard InChI is InChI=1S/C82H56N8Si2/c1-7-30-59(31-8-1)91(60-32-9-2-10-33-60,61-34-11-3-12-35-61)65-50-52-74-69(55-65)70-56-66(92(62-36-13-4-14-37-62,63-38-15-5-16-39-63)64-40-17-6-18-41-64)51-53-75(70)88(74)80-84-79(57-28-27-29-58(54-57)87-72-45-22-19-42-67(72)68-43-20-23-46-73(68)87)85-81(86-80)90-78-49-26-25-48-77(78)89-76-47-24-21-44-71(76)83-82(89)90/h1-56H. The van der Waals surface area contributed by atoms with Crippen molar-refractivity contribution in [2.45, 2.75) is 0 Å². The molecule has 0 aliphatic heterocycles. The van der Waals surface area contributed by atoms with Crippen molar-refractivity contribution in [1.82, 2.24) is 38.0 Å². The molecule has 0 saturated carbocycles. The zero-order chi connectivity index (χ0) is 60.7. The normalized spacial score (nSPS) is 12.1. The number of hydrogen-bond donors (Lipinski definition) is 0. The Kier molecular flexibility index (Phi) is 12.4. The van der Waals surface area contributed by atoms with Gasteiger partial charge in [-0.3, -0.25) is 8.97 Å². The maximum absolute atomic E-state index is 5.76. The molecule has 0 fully saturated rings. The monoisotopic (exact) mass is 1210 g/mol. The molecule has 0 spiro atoms. The zero-order valence-electron chi connectivity index (χ0n) is 49.9. The minimum Gasteiger partial charge on any atom is -0.309 e. The van der Waals surface area contributed by atoms with Crippen LogP contribution in [0, 0.1) is 0 Å². The Morgan fingerprint density at radius 3 is 1.08 bits per heavy atom. The van der Waals surface area contributed by atoms with E-state index in [1.165, 1.54) is 52.3 Å². The van der Waals surface area contributed by atoms with Crippen molar-refractivity contribution < 1.29 is 0 Å². The first-order chi connectivity index (χ1) is 45.6. The first kappa shape index (κ1) is 53.2. The fourth-order valence-corrected chi connectivity index (χ4v) is 24.6. The molecular formula is C82H56N8Si2. The molecule has 0 bridgehead atoms. The number of imidazole rings is 2. The fraction of sp³-hybridized carbons (Fsp3) is 0. The molecule has 13 aromatic carbocycles. The summed E-state index contributed by atoms with van der Waals surface area (Å²) in [4.78, 5) is 22.5. The Labute approximate surface area is 532 Å². The second kappa shape index (κ2) is 21.5. The molecule has 0 aliphatic carbocycles. The molecule has 5 heterocycles. The van der Waals surface area contributed by atoms with E-state index in [0.717, 1.165) is 66.2 Å². The Hall–Kier alpha value is -11.8. The van der Waals surface area contributed by atoms with Gasteiger partial charge in [-0.2, -0.15) is 15.0 Å². The highest BCUT2D eigenvalue weighted by Crippen LogP contribution is 2.37. The Bertz CT molecular complexity index is 5400. The van der Waals surface area contributed by atoms with Gasteiger partial charge in [-0.15, -0.1) is 0 Å². The molecule has 0 unspecified atom stereocenters. The molecule has 0 N–H and O–H groups in total. The lowest BCUT2D eigenvalue weighted by atomic mass is 10.1. The van der Waals surface area contributed by atoms with Gasteiger partial charge in [0.1, 0.15) is 0 Å². The van der Waals surface area contributed by atoms with Crippen molar-refractivity contribution in [3.8, 4) is 29.0 Å². The highest BCUT2D eigenvalue weighted by molar-refractivity contribution is 7.20. The van der Waals surface area contributed by atoms with Crippen LogP contribution in [-0.2, 0) is 0 Å². The van der Waals surface area contributed by atoms with Gasteiger partial charge in [0.15, 0.2) is 22.0 Å². The molecule has 432 valence electrons. The zero-order valence-corrected chi connectivity index (χ0v) is 51.9. The van der Waals surface area contributed by atoms with Gasteiger partial charge in [0.2, 0.25) is 17.7 Å². The van der Waals surface area contributed by atoms with Gasteiger partial charge in [-0.05, 0) is 102 Å². The molecule has 0 saturated heterocycles. The van der Waals surface area contributed by atoms with Crippen LogP contribution in [0.3, 0.4) is 0 Å². The summed E-state index contributed by atoms with van der Waals surface area (Å²) < 4.78 is 8.99. The van der Waals surface area contributed by atoms with Crippen molar-refractivity contribution in [2.75, 3.05) is 0 Å². The molecule has 18 rings (SSSR count). The lowest BCUT2D eigenvalue weighted by Crippen LogP contribution is -2.74. The van der Waals surface area contributed by atoms with E-state index < -0.39 is 16.1 Å². The third-order valence-electron chi connectivity index (χ3n) is 18.9. The molecular weight excluding hydrogens is 1150 g/mol. The topological polar surface area (TPSA) is 70.8 Å². The first-order valence-electron chi connectivity index (χ1n) is 31.3. The van der Waals surface area contributed by atoms with E-state index in [-0.39, 0.29) is 0 Å². The van der Waals surface area contributed by atoms with E-state index in [9.17, 15) is 0 Å². The van der Waals surface area contributed by atoms with Gasteiger partial charge >= 0.3 is 0 Å². The molecule has 10 heteroatoms. The second-order valence-electron chi connectivity index (χ2n) is 23.7. The van der Waals surface area contributed by atoms with Crippen molar-refractivity contribution in [3.05, 3.63) is 340 Å². The Morgan fingerprint density at radius 1 is 0.228 bits per heavy atom. The molecule has 8 nitrogen and oxygen atoms in total. The summed E-state index contributed by atoms with van der Waals surface area (Å²) in [7, 11) is -6.13. The second-order valence-corrected chi connectivity index (χ2v) is 31.4. The van der Waals surface area contributed by atoms with Crippen LogP contribution in [0.15, 0.2) is 340 Å². The Balaban J connectivity index is 0.966. The maximum atomic E-state index is 5.76. The largest absolute Gasteiger partial charge is 0.309 e. The number of fused-ring (bicyclic) bond motifs is 11. The van der Waals surface area contributed by atoms with Gasteiger partial charge < -0.3 is 4.57 Å². The lowest BCUT2D eigenvalue weighted by Gasteiger charge is -2.34. The summed E-state index contributed by atoms with van der Waals surface area (Å²) in [6, 6.07) is 124. The lowest BCUT2D eigenvalue weighted by molar-refractivity contribution is 0.884. The number of hydrogen-bond acceptors (Lipinski definition) is 4. The molecule has 0 radical (unpaired) electrons. The number of aromatic nitrogens is 8. The highest BCUT2D eigenvalue weighted by atomic mass is 28.3. The summed E-state index contributed by atoms with van der Waals surface area (Å²) >= 11 is 0. The van der Waals surface area contributed by atoms with E-state index in [1.54, 1.807) is 0 Å². The highest BCUT2D eigenvalue weighted by Gasteiger charge is 2.44. The third-order valence-corrected chi connectivity index (χ3v) is 28.5. The minimum absolute atomic E-state index is 0.448. The number of benzene rings is 13. The molecule has 92 heavy (non-hydrogen) atoms. The van der Waals surface area contributed by atoms with E-state index in [4.69, 9.17) is 19.9 Å². The Morgan fingerprint density at radius 2 is 0.609 bits per heavy atom. The van der Waals surface area contributed by atoms with E-state index >= 15 is 0 Å². The molecule has 18 aromatic rings. The van der Waals surface area contributed by atoms with Gasteiger partial charge in [0, 0.05) is 32.8 Å². The summed E-state index contributed by atoms with van der Waals surface area (Å²) in [6.07, 6.45) is 0. The van der Waals surface area contributed by atoms with E-state index in [1.807, 2.05) is 6.07 Å². The van der Waals surface area contributed by atoms with Gasteiger partial charge in [0.25, 0.3) is 0 Å². The predicted octanol–water partition coefficient (Wildman–Crippen LogP) is 13.2. The fourth-order valence-electron chi connectivity index (χ4n) is 15.0. The van der Waals surface area contributed by atoms with Crippen LogP contribution >= 0.6 is 0 Å². The summed E-state index contributed by atoms with van der Waals surface area (Å²) in [6.45, 7) is 0. The number of nitrogens with zero attached hydrogens (tertiary/aromatic N) is 8. The van der Waals surface area contributed by atoms with Crippen molar-refractivity contribution in [3.63, 3.8) is 0 Å². The predicted molar refractivity (Wildman–Crippen MR) is 384 cm³/mol. The molecule has 0 amide bonds. The van der Waals surface area contributed by atoms with E-state index in [0.29, 0.717) is 23.5 Å². The maximum Gasteiger partial charge on any atom is 0.242 e. The van der Waals surface area contributed by atoms with Crippen LogP contribution in [0.2, 0.25) is 0 Å². The van der Waals surface area contributed by atoms with Gasteiger partial charge in [-0.25, -0.2) is 9.55 Å².